The molecule has 1 heterocycles. The highest BCUT2D eigenvalue weighted by molar-refractivity contribution is 4.86. The van der Waals surface area contributed by atoms with Crippen LogP contribution < -0.4 is 0 Å². The monoisotopic (exact) mass is 241 g/mol. The van der Waals surface area contributed by atoms with Crippen molar-refractivity contribution in [2.75, 3.05) is 33.4 Å². The molecule has 0 aromatic rings. The van der Waals surface area contributed by atoms with E-state index in [1.807, 2.05) is 0 Å². The predicted molar refractivity (Wildman–Crippen MR) is 69.1 cm³/mol. The van der Waals surface area contributed by atoms with Gasteiger partial charge >= 0.3 is 0 Å². The smallest absolute Gasteiger partial charge is 0.0622 e. The largest absolute Gasteiger partial charge is 0.396 e. The van der Waals surface area contributed by atoms with Gasteiger partial charge in [0.1, 0.15) is 0 Å². The van der Waals surface area contributed by atoms with Crippen LogP contribution >= 0.6 is 0 Å². The van der Waals surface area contributed by atoms with Gasteiger partial charge in [0, 0.05) is 31.2 Å². The second-order valence-corrected chi connectivity index (χ2v) is 6.00. The maximum absolute atomic E-state index is 9.80. The number of nitrogens with zero attached hydrogens (tertiary/aromatic N) is 1. The lowest BCUT2D eigenvalue weighted by molar-refractivity contribution is 0.0501. The Morgan fingerprint density at radius 1 is 1.24 bits per heavy atom. The van der Waals surface area contributed by atoms with Crippen molar-refractivity contribution in [1.29, 1.82) is 0 Å². The van der Waals surface area contributed by atoms with E-state index >= 15 is 0 Å². The lowest BCUT2D eigenvalue weighted by atomic mass is 9.80. The second-order valence-electron chi connectivity index (χ2n) is 6.00. The number of likely N-dealkylation sites (N-methyl/N-ethyl adjacent to an activating group) is 1. The summed E-state index contributed by atoms with van der Waals surface area (Å²) >= 11 is 0. The molecule has 2 rings (SSSR count). The van der Waals surface area contributed by atoms with Gasteiger partial charge in [-0.05, 0) is 26.3 Å². The summed E-state index contributed by atoms with van der Waals surface area (Å²) in [5.41, 5.74) is 0.161. The minimum absolute atomic E-state index is 0.161. The van der Waals surface area contributed by atoms with Crippen molar-refractivity contribution in [3.8, 4) is 0 Å². The molecular formula is C14H27NO2. The van der Waals surface area contributed by atoms with E-state index in [1.54, 1.807) is 0 Å². The van der Waals surface area contributed by atoms with E-state index in [0.717, 1.165) is 26.2 Å². The van der Waals surface area contributed by atoms with E-state index in [1.165, 1.54) is 38.5 Å². The molecule has 1 aliphatic heterocycles. The molecule has 2 fully saturated rings. The molecule has 1 atom stereocenters. The maximum Gasteiger partial charge on any atom is 0.0622 e. The van der Waals surface area contributed by atoms with E-state index in [4.69, 9.17) is 4.74 Å². The second kappa shape index (κ2) is 6.17. The highest BCUT2D eigenvalue weighted by Crippen LogP contribution is 2.35. The Bertz CT molecular complexity index is 218. The molecule has 1 saturated heterocycles. The zero-order chi connectivity index (χ0) is 12.1. The highest BCUT2D eigenvalue weighted by Gasteiger charge is 2.33. The first-order valence-electron chi connectivity index (χ1n) is 7.15. The summed E-state index contributed by atoms with van der Waals surface area (Å²) < 4.78 is 5.45. The first-order valence-corrected chi connectivity index (χ1v) is 7.15. The van der Waals surface area contributed by atoms with Gasteiger partial charge < -0.3 is 14.7 Å². The van der Waals surface area contributed by atoms with Crippen molar-refractivity contribution in [3.05, 3.63) is 0 Å². The fraction of sp³-hybridized carbons (Fsp3) is 1.00. The minimum Gasteiger partial charge on any atom is -0.396 e. The van der Waals surface area contributed by atoms with E-state index in [9.17, 15) is 5.11 Å². The van der Waals surface area contributed by atoms with Crippen LogP contribution in [0.15, 0.2) is 0 Å². The summed E-state index contributed by atoms with van der Waals surface area (Å²) in [6.45, 7) is 3.17. The summed E-state index contributed by atoms with van der Waals surface area (Å²) in [6, 6.07) is 0.571. The number of aliphatic hydroxyl groups is 1. The molecule has 17 heavy (non-hydrogen) atoms. The van der Waals surface area contributed by atoms with Crippen molar-refractivity contribution >= 4 is 0 Å². The van der Waals surface area contributed by atoms with Crippen LogP contribution in [0.3, 0.4) is 0 Å². The number of aliphatic hydroxyl groups excluding tert-OH is 1. The van der Waals surface area contributed by atoms with E-state index < -0.39 is 0 Å². The summed E-state index contributed by atoms with van der Waals surface area (Å²) in [7, 11) is 2.20. The molecule has 0 aromatic heterocycles. The van der Waals surface area contributed by atoms with Gasteiger partial charge in [-0.15, -0.1) is 0 Å². The number of hydrogen-bond donors (Lipinski definition) is 1. The standard InChI is InChI=1S/C14H27NO2/c1-15(13-6-9-17-10-13)11-14(12-16)7-4-2-3-5-8-14/h13,16H,2-12H2,1H3. The van der Waals surface area contributed by atoms with Crippen LogP contribution in [0.25, 0.3) is 0 Å². The van der Waals surface area contributed by atoms with Crippen molar-refractivity contribution in [2.24, 2.45) is 5.41 Å². The van der Waals surface area contributed by atoms with Gasteiger partial charge in [-0.25, -0.2) is 0 Å². The Hall–Kier alpha value is -0.120. The molecule has 2 aliphatic rings. The molecular weight excluding hydrogens is 214 g/mol. The van der Waals surface area contributed by atoms with Gasteiger partial charge in [0.2, 0.25) is 0 Å². The Kier molecular flexibility index (Phi) is 4.83. The molecule has 1 N–H and O–H groups in total. The Balaban J connectivity index is 1.92. The lowest BCUT2D eigenvalue weighted by Gasteiger charge is -2.37. The number of ether oxygens (including phenoxy) is 1. The first-order chi connectivity index (χ1) is 8.26. The third-order valence-electron chi connectivity index (χ3n) is 4.61. The molecule has 0 spiro atoms. The molecule has 3 heteroatoms. The molecule has 100 valence electrons. The molecule has 0 aromatic carbocycles. The summed E-state index contributed by atoms with van der Waals surface area (Å²) in [5, 5.41) is 9.80. The summed E-state index contributed by atoms with van der Waals surface area (Å²) in [5.74, 6) is 0. The van der Waals surface area contributed by atoms with Crippen LogP contribution in [0, 0.1) is 5.41 Å². The third-order valence-corrected chi connectivity index (χ3v) is 4.61. The zero-order valence-electron chi connectivity index (χ0n) is 11.2. The topological polar surface area (TPSA) is 32.7 Å². The predicted octanol–water partition coefficient (Wildman–Crippen LogP) is 2.04. The van der Waals surface area contributed by atoms with Crippen LogP contribution in [0.1, 0.15) is 44.9 Å². The average Bonchev–Trinajstić information content (AvgIpc) is 2.78. The lowest BCUT2D eigenvalue weighted by Crippen LogP contribution is -2.43. The number of hydrogen-bond acceptors (Lipinski definition) is 3. The molecule has 3 nitrogen and oxygen atoms in total. The SMILES string of the molecule is CN(CC1(CO)CCCCCC1)C1CCOC1. The summed E-state index contributed by atoms with van der Waals surface area (Å²) in [4.78, 5) is 2.43. The van der Waals surface area contributed by atoms with Gasteiger partial charge in [-0.2, -0.15) is 0 Å². The Morgan fingerprint density at radius 2 is 1.94 bits per heavy atom. The molecule has 1 unspecified atom stereocenters. The quantitative estimate of drug-likeness (QED) is 0.765. The molecule has 0 amide bonds. The minimum atomic E-state index is 0.161. The van der Waals surface area contributed by atoms with E-state index in [2.05, 4.69) is 11.9 Å². The van der Waals surface area contributed by atoms with Crippen molar-refractivity contribution in [1.82, 2.24) is 4.90 Å². The maximum atomic E-state index is 9.80. The fourth-order valence-electron chi connectivity index (χ4n) is 3.37. The van der Waals surface area contributed by atoms with Crippen LogP contribution in [-0.4, -0.2) is 49.5 Å². The summed E-state index contributed by atoms with van der Waals surface area (Å²) in [6.07, 6.45) is 8.81. The first kappa shape index (κ1) is 13.3. The van der Waals surface area contributed by atoms with E-state index in [-0.39, 0.29) is 5.41 Å². The third kappa shape index (κ3) is 3.43. The van der Waals surface area contributed by atoms with Gasteiger partial charge in [0.25, 0.3) is 0 Å². The van der Waals surface area contributed by atoms with Crippen molar-refractivity contribution in [2.45, 2.75) is 51.0 Å². The van der Waals surface area contributed by atoms with Crippen LogP contribution in [0.5, 0.6) is 0 Å². The normalized spacial score (nSPS) is 29.5. The van der Waals surface area contributed by atoms with E-state index in [0.29, 0.717) is 12.6 Å². The molecule has 1 aliphatic carbocycles. The zero-order valence-corrected chi connectivity index (χ0v) is 11.2. The highest BCUT2D eigenvalue weighted by atomic mass is 16.5. The Labute approximate surface area is 105 Å². The molecule has 1 saturated carbocycles. The number of rotatable bonds is 4. The van der Waals surface area contributed by atoms with Crippen LogP contribution in [0.2, 0.25) is 0 Å². The van der Waals surface area contributed by atoms with Crippen LogP contribution in [-0.2, 0) is 4.74 Å². The average molecular weight is 241 g/mol. The van der Waals surface area contributed by atoms with Gasteiger partial charge in [0.15, 0.2) is 0 Å². The van der Waals surface area contributed by atoms with Crippen LogP contribution in [0.4, 0.5) is 0 Å². The van der Waals surface area contributed by atoms with Crippen molar-refractivity contribution < 1.29 is 9.84 Å². The molecule has 0 radical (unpaired) electrons. The van der Waals surface area contributed by atoms with Gasteiger partial charge in [0.05, 0.1) is 6.61 Å². The molecule has 0 bridgehead atoms. The van der Waals surface area contributed by atoms with Crippen molar-refractivity contribution in [3.63, 3.8) is 0 Å². The van der Waals surface area contributed by atoms with Gasteiger partial charge in [-0.3, -0.25) is 0 Å². The van der Waals surface area contributed by atoms with Gasteiger partial charge in [-0.1, -0.05) is 25.7 Å². The fourth-order valence-corrected chi connectivity index (χ4v) is 3.37. The Morgan fingerprint density at radius 3 is 2.47 bits per heavy atom.